The lowest BCUT2D eigenvalue weighted by atomic mass is 9.89. The van der Waals surface area contributed by atoms with Crippen LogP contribution in [0.1, 0.15) is 96.3 Å². The van der Waals surface area contributed by atoms with Crippen molar-refractivity contribution in [3.63, 3.8) is 0 Å². The lowest BCUT2D eigenvalue weighted by Crippen LogP contribution is -2.44. The van der Waals surface area contributed by atoms with Crippen LogP contribution in [-0.2, 0) is 38.4 Å². The van der Waals surface area contributed by atoms with Crippen molar-refractivity contribution in [2.45, 2.75) is 102 Å². The summed E-state index contributed by atoms with van der Waals surface area (Å²) in [5, 5.41) is 11.5. The maximum absolute atomic E-state index is 12.8. The first-order chi connectivity index (χ1) is 22.5. The Morgan fingerprint density at radius 1 is 0.723 bits per heavy atom. The molecule has 47 heavy (non-hydrogen) atoms. The van der Waals surface area contributed by atoms with Gasteiger partial charge in [0.2, 0.25) is 17.7 Å². The number of alkyl halides is 1. The summed E-state index contributed by atoms with van der Waals surface area (Å²) < 4.78 is 0. The molecule has 0 spiro atoms. The van der Waals surface area contributed by atoms with Crippen LogP contribution in [0.25, 0.3) is 0 Å². The fourth-order valence-corrected chi connectivity index (χ4v) is 5.54. The van der Waals surface area contributed by atoms with Crippen molar-refractivity contribution >= 4 is 62.6 Å². The van der Waals surface area contributed by atoms with E-state index in [4.69, 9.17) is 11.5 Å². The van der Waals surface area contributed by atoms with E-state index >= 15 is 0 Å². The first-order valence-corrected chi connectivity index (χ1v) is 17.7. The second-order valence-electron chi connectivity index (χ2n) is 11.9. The third-order valence-corrected chi connectivity index (χ3v) is 8.80. The van der Waals surface area contributed by atoms with Crippen molar-refractivity contribution < 1.29 is 38.4 Å². The van der Waals surface area contributed by atoms with Crippen molar-refractivity contribution in [2.24, 2.45) is 23.3 Å². The molecule has 2 rings (SSSR count). The number of hydrogen-bond donors (Lipinski definition) is 6. The molecule has 2 aliphatic rings. The number of carbonyl (C=O) groups is 8. The number of carbonyl (C=O) groups excluding carboxylic acids is 8. The van der Waals surface area contributed by atoms with Crippen molar-refractivity contribution in [1.29, 1.82) is 0 Å². The zero-order valence-electron chi connectivity index (χ0n) is 27.4. The lowest BCUT2D eigenvalue weighted by Gasteiger charge is -2.20. The van der Waals surface area contributed by atoms with Gasteiger partial charge in [0.25, 0.3) is 0 Å². The number of nitrogens with one attached hydrogen (secondary N) is 4. The van der Waals surface area contributed by atoms with E-state index in [1.54, 1.807) is 0 Å². The van der Waals surface area contributed by atoms with E-state index in [2.05, 4.69) is 37.2 Å². The van der Waals surface area contributed by atoms with Crippen molar-refractivity contribution in [1.82, 2.24) is 21.3 Å². The number of ketones is 5. The lowest BCUT2D eigenvalue weighted by molar-refractivity contribution is -0.127. The number of Topliss-reactive ketones (excluding diaryl/α,β-unsaturated/α-hetero) is 5. The molecule has 0 aromatic rings. The van der Waals surface area contributed by atoms with Gasteiger partial charge in [0.1, 0.15) is 28.9 Å². The summed E-state index contributed by atoms with van der Waals surface area (Å²) in [5.41, 5.74) is 10.8. The van der Waals surface area contributed by atoms with Crippen LogP contribution < -0.4 is 32.7 Å². The summed E-state index contributed by atoms with van der Waals surface area (Å²) in [6.45, 7) is 1.08. The number of unbranched alkanes of at least 4 members (excludes halogenated alkanes) is 1. The molecule has 2 heterocycles. The molecular weight excluding hydrogens is 676 g/mol. The summed E-state index contributed by atoms with van der Waals surface area (Å²) in [6, 6.07) is -0.451. The van der Waals surface area contributed by atoms with Crippen LogP contribution >= 0.6 is 15.9 Å². The van der Waals surface area contributed by atoms with Crippen LogP contribution in [-0.4, -0.2) is 90.9 Å². The molecule has 14 nitrogen and oxygen atoms in total. The topological polar surface area (TPSA) is 237 Å². The SMILES string of the molecule is NCC(=O)[C@@H]1CCC(=O)CCCC(=O)NCN[C@@H](CCCCNC(=O)CBr)C(=O)CC1.NCC(=O)[C@H]1CCNC(=O)CCC(=O)CC1. The van der Waals surface area contributed by atoms with Crippen LogP contribution in [0.15, 0.2) is 0 Å². The van der Waals surface area contributed by atoms with E-state index in [9.17, 15) is 38.4 Å². The highest BCUT2D eigenvalue weighted by Crippen LogP contribution is 2.19. The number of hydrogen-bond acceptors (Lipinski definition) is 11. The Morgan fingerprint density at radius 2 is 1.32 bits per heavy atom. The van der Waals surface area contributed by atoms with Gasteiger partial charge < -0.3 is 27.4 Å². The molecule has 0 radical (unpaired) electrons. The highest BCUT2D eigenvalue weighted by molar-refractivity contribution is 9.09. The summed E-state index contributed by atoms with van der Waals surface area (Å²) in [5.74, 6) is -1.08. The fourth-order valence-electron chi connectivity index (χ4n) is 5.34. The molecule has 0 unspecified atom stereocenters. The Hall–Kier alpha value is -2.88. The van der Waals surface area contributed by atoms with Crippen molar-refractivity contribution in [3.8, 4) is 0 Å². The van der Waals surface area contributed by atoms with Gasteiger partial charge >= 0.3 is 0 Å². The molecule has 266 valence electrons. The number of halogens is 1. The van der Waals surface area contributed by atoms with E-state index in [1.807, 2.05) is 0 Å². The van der Waals surface area contributed by atoms with Gasteiger partial charge in [0.05, 0.1) is 31.1 Å². The molecule has 2 aliphatic heterocycles. The van der Waals surface area contributed by atoms with E-state index in [-0.39, 0.29) is 110 Å². The third-order valence-electron chi connectivity index (χ3n) is 8.29. The molecule has 0 saturated carbocycles. The van der Waals surface area contributed by atoms with Gasteiger partial charge in [0, 0.05) is 69.9 Å². The normalized spacial score (nSPS) is 22.7. The second-order valence-corrected chi connectivity index (χ2v) is 12.5. The zero-order chi connectivity index (χ0) is 35.0. The number of amides is 3. The maximum Gasteiger partial charge on any atom is 0.230 e. The highest BCUT2D eigenvalue weighted by Gasteiger charge is 2.24. The molecule has 0 bridgehead atoms. The fraction of sp³-hybridized carbons (Fsp3) is 0.750. The molecule has 8 N–H and O–H groups in total. The smallest absolute Gasteiger partial charge is 0.230 e. The predicted octanol–water partition coefficient (Wildman–Crippen LogP) is 0.506. The Morgan fingerprint density at radius 3 is 1.96 bits per heavy atom. The standard InChI is InChI=1S/C21H35BrN4O5.C11H18N2O3/c22-12-21(31)24-11-2-1-5-17-18(28)10-8-15(19(29)13-23)7-9-16(27)4-3-6-20(30)26-14-25-17;12-7-10(15)8-1-2-9(14)3-4-11(16)13-6-5-8/h15,17,25H,1-14,23H2,(H,24,31)(H,26,30);8H,1-7,12H2,(H,13,16)/t15-,17+;8-/m11/s1. The quantitative estimate of drug-likeness (QED) is 0.134. The zero-order valence-corrected chi connectivity index (χ0v) is 29.0. The molecule has 15 heteroatoms. The Labute approximate surface area is 285 Å². The average Bonchev–Trinajstić information content (AvgIpc) is 3.06. The first-order valence-electron chi connectivity index (χ1n) is 16.6. The van der Waals surface area contributed by atoms with Gasteiger partial charge in [-0.1, -0.05) is 15.9 Å². The summed E-state index contributed by atoms with van der Waals surface area (Å²) in [7, 11) is 0. The first kappa shape index (κ1) is 42.1. The number of nitrogens with two attached hydrogens (primary N) is 2. The van der Waals surface area contributed by atoms with Crippen LogP contribution in [0.3, 0.4) is 0 Å². The summed E-state index contributed by atoms with van der Waals surface area (Å²) in [6.07, 6.45) is 6.29. The minimum absolute atomic E-state index is 0.00675. The Balaban J connectivity index is 0.000000577. The van der Waals surface area contributed by atoms with Crippen LogP contribution in [0.5, 0.6) is 0 Å². The van der Waals surface area contributed by atoms with Crippen LogP contribution in [0.2, 0.25) is 0 Å². The monoisotopic (exact) mass is 728 g/mol. The minimum atomic E-state index is -0.451. The van der Waals surface area contributed by atoms with E-state index < -0.39 is 12.0 Å². The molecular formula is C32H53BrN6O8. The van der Waals surface area contributed by atoms with Gasteiger partial charge in [-0.3, -0.25) is 43.7 Å². The Kier molecular flexibility index (Phi) is 22.6. The molecule has 2 fully saturated rings. The largest absolute Gasteiger partial charge is 0.356 e. The third kappa shape index (κ3) is 19.5. The van der Waals surface area contributed by atoms with E-state index in [0.717, 1.165) is 12.8 Å². The van der Waals surface area contributed by atoms with E-state index in [0.29, 0.717) is 64.5 Å². The van der Waals surface area contributed by atoms with Gasteiger partial charge in [-0.05, 0) is 51.4 Å². The Bertz CT molecular complexity index is 1070. The molecule has 0 aliphatic carbocycles. The predicted molar refractivity (Wildman–Crippen MR) is 179 cm³/mol. The summed E-state index contributed by atoms with van der Waals surface area (Å²) in [4.78, 5) is 94.3. The molecule has 0 aromatic carbocycles. The maximum atomic E-state index is 12.8. The minimum Gasteiger partial charge on any atom is -0.356 e. The van der Waals surface area contributed by atoms with E-state index in [1.165, 1.54) is 0 Å². The molecule has 0 aromatic heterocycles. The second kappa shape index (κ2) is 25.2. The van der Waals surface area contributed by atoms with Gasteiger partial charge in [-0.15, -0.1) is 0 Å². The molecule has 3 amide bonds. The van der Waals surface area contributed by atoms with Gasteiger partial charge in [0.15, 0.2) is 0 Å². The molecule has 2 saturated heterocycles. The number of rotatable bonds is 10. The van der Waals surface area contributed by atoms with Gasteiger partial charge in [-0.25, -0.2) is 0 Å². The van der Waals surface area contributed by atoms with Crippen LogP contribution in [0.4, 0.5) is 0 Å². The van der Waals surface area contributed by atoms with Crippen molar-refractivity contribution in [3.05, 3.63) is 0 Å². The molecule has 3 atom stereocenters. The van der Waals surface area contributed by atoms with Crippen molar-refractivity contribution in [2.75, 3.05) is 38.2 Å². The van der Waals surface area contributed by atoms with Gasteiger partial charge in [-0.2, -0.15) is 0 Å². The highest BCUT2D eigenvalue weighted by atomic mass is 79.9. The van der Waals surface area contributed by atoms with Crippen LogP contribution in [0, 0.1) is 11.8 Å². The average molecular weight is 730 g/mol. The summed E-state index contributed by atoms with van der Waals surface area (Å²) >= 11 is 3.09.